The summed E-state index contributed by atoms with van der Waals surface area (Å²) in [6.07, 6.45) is 0. The van der Waals surface area contributed by atoms with Crippen LogP contribution in [-0.4, -0.2) is 22.3 Å². The number of hydrogen-bond donors (Lipinski definition) is 2. The van der Waals surface area contributed by atoms with Crippen molar-refractivity contribution in [2.24, 2.45) is 5.73 Å². The number of nitrogens with zero attached hydrogens (tertiary/aromatic N) is 2. The first kappa shape index (κ1) is 14.6. The molecule has 2 aromatic carbocycles. The van der Waals surface area contributed by atoms with Crippen LogP contribution < -0.4 is 10.5 Å². The van der Waals surface area contributed by atoms with Crippen LogP contribution in [0.15, 0.2) is 48.5 Å². The third-order valence-electron chi connectivity index (χ3n) is 3.35. The van der Waals surface area contributed by atoms with Gasteiger partial charge in [0.1, 0.15) is 11.6 Å². The summed E-state index contributed by atoms with van der Waals surface area (Å²) in [4.78, 5) is 4.47. The maximum Gasteiger partial charge on any atom is 0.181 e. The van der Waals surface area contributed by atoms with E-state index in [1.165, 1.54) is 0 Å². The Morgan fingerprint density at radius 3 is 2.68 bits per heavy atom. The van der Waals surface area contributed by atoms with Crippen LogP contribution in [0.25, 0.3) is 11.4 Å². The van der Waals surface area contributed by atoms with Crippen LogP contribution in [0.3, 0.4) is 0 Å². The van der Waals surface area contributed by atoms with Gasteiger partial charge in [-0.15, -0.1) is 0 Å². The summed E-state index contributed by atoms with van der Waals surface area (Å²) in [5, 5.41) is 7.79. The Morgan fingerprint density at radius 2 is 1.95 bits per heavy atom. The molecule has 1 atom stereocenters. The van der Waals surface area contributed by atoms with E-state index in [0.717, 1.165) is 16.9 Å². The molecule has 5 nitrogen and oxygen atoms in total. The maximum absolute atomic E-state index is 6.21. The number of methoxy groups -OCH3 is 1. The van der Waals surface area contributed by atoms with Crippen molar-refractivity contribution >= 4 is 11.6 Å². The van der Waals surface area contributed by atoms with Crippen molar-refractivity contribution in [2.45, 2.75) is 6.04 Å². The largest absolute Gasteiger partial charge is 0.497 e. The van der Waals surface area contributed by atoms with Crippen molar-refractivity contribution < 1.29 is 4.74 Å². The predicted octanol–water partition coefficient (Wildman–Crippen LogP) is 3.18. The number of nitrogens with two attached hydrogens (primary N) is 1. The number of ether oxygens (including phenoxy) is 1. The first-order valence-corrected chi connectivity index (χ1v) is 7.13. The molecular weight excluding hydrogens is 300 g/mol. The molecule has 1 aromatic heterocycles. The van der Waals surface area contributed by atoms with Gasteiger partial charge in [0.25, 0.3) is 0 Å². The van der Waals surface area contributed by atoms with E-state index in [1.807, 2.05) is 36.4 Å². The lowest BCUT2D eigenvalue weighted by Crippen LogP contribution is -2.13. The summed E-state index contributed by atoms with van der Waals surface area (Å²) in [6, 6.07) is 14.5. The van der Waals surface area contributed by atoms with Crippen molar-refractivity contribution in [3.63, 3.8) is 0 Å². The minimum Gasteiger partial charge on any atom is -0.497 e. The summed E-state index contributed by atoms with van der Waals surface area (Å²) < 4.78 is 5.21. The predicted molar refractivity (Wildman–Crippen MR) is 85.9 cm³/mol. The molecule has 112 valence electrons. The summed E-state index contributed by atoms with van der Waals surface area (Å²) in [5.41, 5.74) is 7.99. The Morgan fingerprint density at radius 1 is 1.18 bits per heavy atom. The van der Waals surface area contributed by atoms with Gasteiger partial charge in [-0.2, -0.15) is 5.10 Å². The van der Waals surface area contributed by atoms with Gasteiger partial charge in [0, 0.05) is 10.6 Å². The quantitative estimate of drug-likeness (QED) is 0.775. The average Bonchev–Trinajstić information content (AvgIpc) is 3.05. The first-order chi connectivity index (χ1) is 10.7. The summed E-state index contributed by atoms with van der Waals surface area (Å²) in [5.74, 6) is 1.93. The molecule has 22 heavy (non-hydrogen) atoms. The molecule has 0 amide bonds. The molecule has 1 heterocycles. The monoisotopic (exact) mass is 314 g/mol. The number of aromatic nitrogens is 3. The lowest BCUT2D eigenvalue weighted by Gasteiger charge is -2.08. The zero-order valence-corrected chi connectivity index (χ0v) is 12.7. The van der Waals surface area contributed by atoms with Crippen molar-refractivity contribution in [1.29, 1.82) is 0 Å². The number of hydrogen-bond acceptors (Lipinski definition) is 4. The van der Waals surface area contributed by atoms with Crippen molar-refractivity contribution in [3.8, 4) is 17.1 Å². The molecule has 0 radical (unpaired) electrons. The van der Waals surface area contributed by atoms with E-state index in [1.54, 1.807) is 19.2 Å². The summed E-state index contributed by atoms with van der Waals surface area (Å²) in [6.45, 7) is 0. The summed E-state index contributed by atoms with van der Waals surface area (Å²) in [7, 11) is 1.62. The highest BCUT2D eigenvalue weighted by Crippen LogP contribution is 2.23. The number of rotatable bonds is 4. The second-order valence-electron chi connectivity index (χ2n) is 4.81. The highest BCUT2D eigenvalue weighted by Gasteiger charge is 2.15. The fourth-order valence-electron chi connectivity index (χ4n) is 2.13. The van der Waals surface area contributed by atoms with E-state index in [4.69, 9.17) is 22.1 Å². The van der Waals surface area contributed by atoms with Crippen LogP contribution >= 0.6 is 11.6 Å². The normalized spacial score (nSPS) is 12.1. The van der Waals surface area contributed by atoms with Gasteiger partial charge in [-0.05, 0) is 29.8 Å². The van der Waals surface area contributed by atoms with Gasteiger partial charge in [-0.3, -0.25) is 5.10 Å². The molecule has 0 spiro atoms. The number of H-pyrrole nitrogens is 1. The van der Waals surface area contributed by atoms with Crippen LogP contribution in [0.5, 0.6) is 5.75 Å². The van der Waals surface area contributed by atoms with Gasteiger partial charge < -0.3 is 10.5 Å². The lowest BCUT2D eigenvalue weighted by molar-refractivity contribution is 0.415. The zero-order valence-electron chi connectivity index (χ0n) is 12.0. The topological polar surface area (TPSA) is 76.8 Å². The third kappa shape index (κ3) is 2.95. The van der Waals surface area contributed by atoms with E-state index >= 15 is 0 Å². The fourth-order valence-corrected chi connectivity index (χ4v) is 2.26. The number of aromatic amines is 1. The molecule has 0 aliphatic rings. The van der Waals surface area contributed by atoms with Crippen LogP contribution in [0.1, 0.15) is 17.4 Å². The smallest absolute Gasteiger partial charge is 0.181 e. The van der Waals surface area contributed by atoms with Crippen molar-refractivity contribution in [1.82, 2.24) is 15.2 Å². The number of nitrogens with one attached hydrogen (secondary N) is 1. The second kappa shape index (κ2) is 6.17. The lowest BCUT2D eigenvalue weighted by atomic mass is 10.1. The van der Waals surface area contributed by atoms with Gasteiger partial charge in [0.2, 0.25) is 0 Å². The summed E-state index contributed by atoms with van der Waals surface area (Å²) >= 11 is 5.89. The Balaban J connectivity index is 1.88. The first-order valence-electron chi connectivity index (χ1n) is 6.75. The van der Waals surface area contributed by atoms with Crippen LogP contribution in [0.4, 0.5) is 0 Å². The molecule has 0 aliphatic carbocycles. The van der Waals surface area contributed by atoms with Gasteiger partial charge in [-0.25, -0.2) is 4.98 Å². The average molecular weight is 315 g/mol. The third-order valence-corrected chi connectivity index (χ3v) is 3.61. The van der Waals surface area contributed by atoms with E-state index < -0.39 is 0 Å². The van der Waals surface area contributed by atoms with Crippen LogP contribution in [0.2, 0.25) is 5.02 Å². The van der Waals surface area contributed by atoms with E-state index in [9.17, 15) is 0 Å². The Bertz CT molecular complexity index is 770. The molecular formula is C16H15ClN4O. The molecule has 3 rings (SSSR count). The van der Waals surface area contributed by atoms with Gasteiger partial charge in [0.05, 0.1) is 13.2 Å². The molecule has 3 aromatic rings. The molecule has 0 bridgehead atoms. The highest BCUT2D eigenvalue weighted by molar-refractivity contribution is 6.30. The SMILES string of the molecule is COc1cccc(-c2n[nH]c([C@@H](N)c3ccc(Cl)cc3)n2)c1. The minimum atomic E-state index is -0.385. The van der Waals surface area contributed by atoms with E-state index in [2.05, 4.69) is 15.2 Å². The Kier molecular flexibility index (Phi) is 4.09. The number of halogens is 1. The van der Waals surface area contributed by atoms with Crippen molar-refractivity contribution in [3.05, 3.63) is 64.9 Å². The number of benzene rings is 2. The van der Waals surface area contributed by atoms with Crippen LogP contribution in [-0.2, 0) is 0 Å². The van der Waals surface area contributed by atoms with Gasteiger partial charge in [-0.1, -0.05) is 35.9 Å². The Hall–Kier alpha value is -2.37. The van der Waals surface area contributed by atoms with Gasteiger partial charge >= 0.3 is 0 Å². The molecule has 6 heteroatoms. The van der Waals surface area contributed by atoms with Crippen molar-refractivity contribution in [2.75, 3.05) is 7.11 Å². The van der Waals surface area contributed by atoms with E-state index in [0.29, 0.717) is 16.7 Å². The maximum atomic E-state index is 6.21. The molecule has 0 unspecified atom stereocenters. The van der Waals surface area contributed by atoms with Gasteiger partial charge in [0.15, 0.2) is 5.82 Å². The second-order valence-corrected chi connectivity index (χ2v) is 5.24. The Labute approximate surface area is 133 Å². The molecule has 3 N–H and O–H groups in total. The fraction of sp³-hybridized carbons (Fsp3) is 0.125. The minimum absolute atomic E-state index is 0.385. The van der Waals surface area contributed by atoms with Crippen LogP contribution in [0, 0.1) is 0 Å². The molecule has 0 aliphatic heterocycles. The zero-order chi connectivity index (χ0) is 15.5. The van der Waals surface area contributed by atoms with E-state index in [-0.39, 0.29) is 6.04 Å². The molecule has 0 saturated heterocycles. The highest BCUT2D eigenvalue weighted by atomic mass is 35.5. The molecule has 0 fully saturated rings. The standard InChI is InChI=1S/C16H15ClN4O/c1-22-13-4-2-3-11(9-13)15-19-16(21-20-15)14(18)10-5-7-12(17)8-6-10/h2-9,14H,18H2,1H3,(H,19,20,21)/t14-/m0/s1. The molecule has 0 saturated carbocycles.